The standard InChI is InChI=1S/C26H48O4/c1-21(2)17-13-11-9-7-5-6-8-10-12-14-18-25(23(27)28)19-15-16-20-26(25,22(3)4)24(29)30/h21-22H,5-20H2,1-4H3,(H,27,28)(H,29,30). The minimum atomic E-state index is -1.13. The van der Waals surface area contributed by atoms with Gasteiger partial charge in [0.15, 0.2) is 0 Å². The van der Waals surface area contributed by atoms with Crippen molar-refractivity contribution in [1.82, 2.24) is 0 Å². The topological polar surface area (TPSA) is 74.6 Å². The SMILES string of the molecule is CC(C)CCCCCCCCCCCCC1(C(=O)O)CCCCC1(C(=O)O)C(C)C. The molecule has 0 saturated heterocycles. The zero-order chi connectivity index (χ0) is 22.6. The van der Waals surface area contributed by atoms with E-state index in [9.17, 15) is 19.8 Å². The van der Waals surface area contributed by atoms with Crippen LogP contribution in [0.2, 0.25) is 0 Å². The largest absolute Gasteiger partial charge is 0.481 e. The van der Waals surface area contributed by atoms with E-state index >= 15 is 0 Å². The third kappa shape index (κ3) is 6.99. The summed E-state index contributed by atoms with van der Waals surface area (Å²) in [6, 6.07) is 0. The Morgan fingerprint density at radius 2 is 1.17 bits per heavy atom. The van der Waals surface area contributed by atoms with E-state index in [0.717, 1.165) is 38.0 Å². The Morgan fingerprint density at radius 1 is 0.700 bits per heavy atom. The number of hydrogen-bond acceptors (Lipinski definition) is 2. The molecule has 4 heteroatoms. The van der Waals surface area contributed by atoms with E-state index in [1.54, 1.807) is 0 Å². The van der Waals surface area contributed by atoms with Crippen molar-refractivity contribution >= 4 is 11.9 Å². The summed E-state index contributed by atoms with van der Waals surface area (Å²) in [4.78, 5) is 24.7. The van der Waals surface area contributed by atoms with Gasteiger partial charge in [-0.25, -0.2) is 0 Å². The van der Waals surface area contributed by atoms with Crippen molar-refractivity contribution in [2.45, 2.75) is 130 Å². The van der Waals surface area contributed by atoms with E-state index in [1.807, 2.05) is 13.8 Å². The number of carboxylic acid groups (broad SMARTS) is 2. The minimum absolute atomic E-state index is 0.174. The molecule has 1 fully saturated rings. The fourth-order valence-corrected chi connectivity index (χ4v) is 5.84. The van der Waals surface area contributed by atoms with E-state index in [2.05, 4.69) is 13.8 Å². The zero-order valence-electron chi connectivity index (χ0n) is 20.2. The molecule has 1 aliphatic carbocycles. The van der Waals surface area contributed by atoms with E-state index in [1.165, 1.54) is 51.4 Å². The Kier molecular flexibility index (Phi) is 12.0. The van der Waals surface area contributed by atoms with Crippen molar-refractivity contribution in [3.05, 3.63) is 0 Å². The van der Waals surface area contributed by atoms with Crippen LogP contribution >= 0.6 is 0 Å². The first-order valence-electron chi connectivity index (χ1n) is 12.7. The average molecular weight is 425 g/mol. The molecule has 1 saturated carbocycles. The minimum Gasteiger partial charge on any atom is -0.481 e. The second-order valence-electron chi connectivity index (χ2n) is 10.5. The molecule has 176 valence electrons. The predicted molar refractivity (Wildman–Crippen MR) is 124 cm³/mol. The quantitative estimate of drug-likeness (QED) is 0.249. The highest BCUT2D eigenvalue weighted by Crippen LogP contribution is 2.58. The molecule has 0 aromatic heterocycles. The first kappa shape index (κ1) is 27.0. The lowest BCUT2D eigenvalue weighted by Gasteiger charge is -2.51. The molecule has 1 rings (SSSR count). The van der Waals surface area contributed by atoms with E-state index in [0.29, 0.717) is 19.3 Å². The molecule has 0 bridgehead atoms. The van der Waals surface area contributed by atoms with Crippen LogP contribution in [-0.4, -0.2) is 22.2 Å². The molecule has 2 atom stereocenters. The van der Waals surface area contributed by atoms with Gasteiger partial charge in [0.05, 0.1) is 10.8 Å². The highest BCUT2D eigenvalue weighted by atomic mass is 16.4. The molecule has 0 aliphatic heterocycles. The molecule has 2 N–H and O–H groups in total. The van der Waals surface area contributed by atoms with Crippen LogP contribution < -0.4 is 0 Å². The van der Waals surface area contributed by atoms with Gasteiger partial charge < -0.3 is 10.2 Å². The monoisotopic (exact) mass is 424 g/mol. The first-order chi connectivity index (χ1) is 14.2. The number of carboxylic acids is 2. The van der Waals surface area contributed by atoms with Crippen molar-refractivity contribution < 1.29 is 19.8 Å². The Hall–Kier alpha value is -1.06. The molecule has 2 unspecified atom stereocenters. The van der Waals surface area contributed by atoms with Gasteiger partial charge in [-0.15, -0.1) is 0 Å². The van der Waals surface area contributed by atoms with Crippen molar-refractivity contribution in [3.63, 3.8) is 0 Å². The van der Waals surface area contributed by atoms with Crippen LogP contribution in [0, 0.1) is 22.7 Å². The molecule has 0 aromatic carbocycles. The number of hydrogen-bond donors (Lipinski definition) is 2. The average Bonchev–Trinajstić information content (AvgIpc) is 2.68. The van der Waals surface area contributed by atoms with Gasteiger partial charge in [-0.1, -0.05) is 111 Å². The Labute approximate surface area is 185 Å². The fraction of sp³-hybridized carbons (Fsp3) is 0.923. The van der Waals surface area contributed by atoms with Crippen molar-refractivity contribution in [3.8, 4) is 0 Å². The fourth-order valence-electron chi connectivity index (χ4n) is 5.84. The normalized spacial score (nSPS) is 24.5. The highest BCUT2D eigenvalue weighted by molar-refractivity contribution is 5.87. The molecular formula is C26H48O4. The van der Waals surface area contributed by atoms with Crippen LogP contribution in [0.3, 0.4) is 0 Å². The van der Waals surface area contributed by atoms with Gasteiger partial charge in [-0.3, -0.25) is 9.59 Å². The van der Waals surface area contributed by atoms with Crippen molar-refractivity contribution in [1.29, 1.82) is 0 Å². The molecule has 1 aliphatic rings. The van der Waals surface area contributed by atoms with Crippen molar-refractivity contribution in [2.75, 3.05) is 0 Å². The maximum atomic E-state index is 12.4. The Balaban J connectivity index is 2.38. The first-order valence-corrected chi connectivity index (χ1v) is 12.7. The molecule has 0 radical (unpaired) electrons. The van der Waals surface area contributed by atoms with Gasteiger partial charge in [-0.2, -0.15) is 0 Å². The maximum absolute atomic E-state index is 12.4. The van der Waals surface area contributed by atoms with E-state index in [4.69, 9.17) is 0 Å². The van der Waals surface area contributed by atoms with Gasteiger partial charge in [0, 0.05) is 0 Å². The Morgan fingerprint density at radius 3 is 1.60 bits per heavy atom. The van der Waals surface area contributed by atoms with Crippen molar-refractivity contribution in [2.24, 2.45) is 22.7 Å². The van der Waals surface area contributed by atoms with Gasteiger partial charge in [0.1, 0.15) is 0 Å². The second kappa shape index (κ2) is 13.4. The van der Waals surface area contributed by atoms with Crippen LogP contribution in [0.1, 0.15) is 130 Å². The number of carbonyl (C=O) groups is 2. The summed E-state index contributed by atoms with van der Waals surface area (Å²) in [6.45, 7) is 8.36. The summed E-state index contributed by atoms with van der Waals surface area (Å²) in [5.74, 6) is -1.16. The van der Waals surface area contributed by atoms with Crippen LogP contribution in [-0.2, 0) is 9.59 Å². The van der Waals surface area contributed by atoms with Crippen LogP contribution in [0.25, 0.3) is 0 Å². The van der Waals surface area contributed by atoms with Crippen LogP contribution in [0.4, 0.5) is 0 Å². The predicted octanol–water partition coefficient (Wildman–Crippen LogP) is 7.70. The molecule has 0 aromatic rings. The van der Waals surface area contributed by atoms with Gasteiger partial charge in [-0.05, 0) is 31.1 Å². The van der Waals surface area contributed by atoms with Gasteiger partial charge >= 0.3 is 11.9 Å². The lowest BCUT2D eigenvalue weighted by Crippen LogP contribution is -2.57. The highest BCUT2D eigenvalue weighted by Gasteiger charge is 2.63. The number of rotatable bonds is 16. The summed E-state index contributed by atoms with van der Waals surface area (Å²) >= 11 is 0. The molecule has 0 amide bonds. The molecule has 0 heterocycles. The molecule has 30 heavy (non-hydrogen) atoms. The van der Waals surface area contributed by atoms with E-state index < -0.39 is 22.8 Å². The lowest BCUT2D eigenvalue weighted by atomic mass is 9.50. The zero-order valence-corrected chi connectivity index (χ0v) is 20.2. The maximum Gasteiger partial charge on any atom is 0.311 e. The second-order valence-corrected chi connectivity index (χ2v) is 10.5. The lowest BCUT2D eigenvalue weighted by molar-refractivity contribution is -0.187. The third-order valence-electron chi connectivity index (χ3n) is 7.69. The molecular weight excluding hydrogens is 376 g/mol. The molecule has 0 spiro atoms. The van der Waals surface area contributed by atoms with Gasteiger partial charge in [0.25, 0.3) is 0 Å². The number of aliphatic carboxylic acids is 2. The number of unbranched alkanes of at least 4 members (excludes halogenated alkanes) is 9. The summed E-state index contributed by atoms with van der Waals surface area (Å²) in [6.07, 6.45) is 16.6. The smallest absolute Gasteiger partial charge is 0.311 e. The Bertz CT molecular complexity index is 513. The van der Waals surface area contributed by atoms with Crippen LogP contribution in [0.15, 0.2) is 0 Å². The molecule has 4 nitrogen and oxygen atoms in total. The summed E-state index contributed by atoms with van der Waals surface area (Å²) in [5.41, 5.74) is -2.24. The summed E-state index contributed by atoms with van der Waals surface area (Å²) in [5, 5.41) is 20.2. The third-order valence-corrected chi connectivity index (χ3v) is 7.69. The van der Waals surface area contributed by atoms with Gasteiger partial charge in [0.2, 0.25) is 0 Å². The summed E-state index contributed by atoms with van der Waals surface area (Å²) in [7, 11) is 0. The van der Waals surface area contributed by atoms with E-state index in [-0.39, 0.29) is 5.92 Å². The summed E-state index contributed by atoms with van der Waals surface area (Å²) < 4.78 is 0. The van der Waals surface area contributed by atoms with Crippen LogP contribution in [0.5, 0.6) is 0 Å².